The molecular weight excluding hydrogens is 272 g/mol. The second kappa shape index (κ2) is 10.7. The van der Waals surface area contributed by atoms with Gasteiger partial charge >= 0.3 is 0 Å². The molecule has 0 saturated heterocycles. The third kappa shape index (κ3) is 10.7. The Bertz CT molecular complexity index is 340. The summed E-state index contributed by atoms with van der Waals surface area (Å²) in [6, 6.07) is 0. The zero-order chi connectivity index (χ0) is 17.1. The molecule has 0 spiro atoms. The molecule has 0 fully saturated rings. The predicted molar refractivity (Wildman–Crippen MR) is 94.4 cm³/mol. The fourth-order valence-corrected chi connectivity index (χ4v) is 2.14. The van der Waals surface area contributed by atoms with Crippen molar-refractivity contribution >= 4 is 0 Å². The Hall–Kier alpha value is -0.960. The van der Waals surface area contributed by atoms with Gasteiger partial charge in [0.05, 0.1) is 0 Å². The van der Waals surface area contributed by atoms with Gasteiger partial charge in [0.15, 0.2) is 6.29 Å². The van der Waals surface area contributed by atoms with Gasteiger partial charge in [-0.2, -0.15) is 0 Å². The first-order valence-electron chi connectivity index (χ1n) is 8.57. The summed E-state index contributed by atoms with van der Waals surface area (Å²) in [4.78, 5) is 0. The van der Waals surface area contributed by atoms with Crippen LogP contribution in [-0.4, -0.2) is 17.5 Å². The van der Waals surface area contributed by atoms with Gasteiger partial charge in [-0.3, -0.25) is 0 Å². The van der Waals surface area contributed by atoms with Crippen molar-refractivity contribution in [1.82, 2.24) is 0 Å². The highest BCUT2D eigenvalue weighted by Gasteiger charge is 2.27. The first-order valence-corrected chi connectivity index (χ1v) is 8.57. The van der Waals surface area contributed by atoms with E-state index in [0.717, 1.165) is 12.8 Å². The van der Waals surface area contributed by atoms with Crippen LogP contribution >= 0.6 is 0 Å². The summed E-state index contributed by atoms with van der Waals surface area (Å²) in [6.07, 6.45) is 20.3. The normalized spacial score (nSPS) is 12.2. The lowest BCUT2D eigenvalue weighted by Crippen LogP contribution is -2.36. The molecule has 2 heteroatoms. The van der Waals surface area contributed by atoms with Crippen molar-refractivity contribution < 1.29 is 9.47 Å². The van der Waals surface area contributed by atoms with Crippen LogP contribution in [0.2, 0.25) is 0 Å². The van der Waals surface area contributed by atoms with Crippen LogP contribution < -0.4 is 0 Å². The summed E-state index contributed by atoms with van der Waals surface area (Å²) in [6.45, 7) is 9.72. The van der Waals surface area contributed by atoms with E-state index < -0.39 is 11.2 Å². The second-order valence-corrected chi connectivity index (χ2v) is 6.88. The smallest absolute Gasteiger partial charge is 0.161 e. The van der Waals surface area contributed by atoms with Crippen LogP contribution in [0.4, 0.5) is 0 Å². The van der Waals surface area contributed by atoms with Gasteiger partial charge in [-0.05, 0) is 40.5 Å². The van der Waals surface area contributed by atoms with Crippen LogP contribution in [-0.2, 0) is 9.47 Å². The molecule has 0 aromatic rings. The number of ether oxygens (including phenoxy) is 2. The van der Waals surface area contributed by atoms with Crippen LogP contribution in [0.3, 0.4) is 0 Å². The lowest BCUT2D eigenvalue weighted by molar-refractivity contribution is -0.218. The van der Waals surface area contributed by atoms with Gasteiger partial charge in [-0.25, -0.2) is 0 Å². The molecule has 0 bridgehead atoms. The maximum atomic E-state index is 5.92. The fraction of sp³-hybridized carbons (Fsp3) is 0.800. The Labute approximate surface area is 138 Å². The van der Waals surface area contributed by atoms with E-state index in [-0.39, 0.29) is 6.29 Å². The molecule has 0 aromatic heterocycles. The fourth-order valence-electron chi connectivity index (χ4n) is 2.14. The van der Waals surface area contributed by atoms with Crippen LogP contribution in [0.25, 0.3) is 0 Å². The third-order valence-corrected chi connectivity index (χ3v) is 3.59. The number of hydrogen-bond acceptors (Lipinski definition) is 2. The Morgan fingerprint density at radius 3 is 1.59 bits per heavy atom. The maximum absolute atomic E-state index is 5.92. The molecule has 0 aliphatic rings. The van der Waals surface area contributed by atoms with E-state index >= 15 is 0 Å². The van der Waals surface area contributed by atoms with E-state index in [1.807, 2.05) is 27.7 Å². The molecule has 0 N–H and O–H groups in total. The first kappa shape index (κ1) is 21.0. The van der Waals surface area contributed by atoms with E-state index in [0.29, 0.717) is 0 Å². The lowest BCUT2D eigenvalue weighted by atomic mass is 10.1. The molecule has 126 valence electrons. The highest BCUT2D eigenvalue weighted by Crippen LogP contribution is 2.22. The highest BCUT2D eigenvalue weighted by molar-refractivity contribution is 5.04. The molecule has 0 heterocycles. The van der Waals surface area contributed by atoms with E-state index in [4.69, 9.17) is 22.3 Å². The standard InChI is InChI=1S/C20H34O2/c1-8-11-12-13-14-15-16-17-18(21-19(4,5)9-2)22-20(6,7)10-3/h2-3,18H,8,11-17H2,1,4-7H3. The highest BCUT2D eigenvalue weighted by atomic mass is 16.7. The molecule has 22 heavy (non-hydrogen) atoms. The summed E-state index contributed by atoms with van der Waals surface area (Å²) >= 11 is 0. The molecule has 0 unspecified atom stereocenters. The average molecular weight is 306 g/mol. The molecule has 0 amide bonds. The molecule has 0 aliphatic carbocycles. The number of unbranched alkanes of at least 4 members (excludes halogenated alkanes) is 6. The zero-order valence-electron chi connectivity index (χ0n) is 15.2. The molecule has 0 aromatic carbocycles. The van der Waals surface area contributed by atoms with Gasteiger partial charge in [-0.1, -0.05) is 57.3 Å². The number of rotatable bonds is 12. The topological polar surface area (TPSA) is 18.5 Å². The minimum atomic E-state index is -0.642. The Morgan fingerprint density at radius 2 is 1.18 bits per heavy atom. The van der Waals surface area contributed by atoms with Crippen molar-refractivity contribution in [3.05, 3.63) is 0 Å². The van der Waals surface area contributed by atoms with Crippen molar-refractivity contribution in [3.8, 4) is 24.7 Å². The van der Waals surface area contributed by atoms with Gasteiger partial charge in [-0.15, -0.1) is 12.8 Å². The predicted octanol–water partition coefficient (Wildman–Crippen LogP) is 5.31. The summed E-state index contributed by atoms with van der Waals surface area (Å²) < 4.78 is 11.8. The summed E-state index contributed by atoms with van der Waals surface area (Å²) in [7, 11) is 0. The minimum absolute atomic E-state index is 0.354. The molecule has 0 radical (unpaired) electrons. The van der Waals surface area contributed by atoms with Crippen molar-refractivity contribution in [2.24, 2.45) is 0 Å². The van der Waals surface area contributed by atoms with E-state index in [2.05, 4.69) is 18.8 Å². The number of hydrogen-bond donors (Lipinski definition) is 0. The quantitative estimate of drug-likeness (QED) is 0.276. The van der Waals surface area contributed by atoms with Gasteiger partial charge in [0, 0.05) is 0 Å². The average Bonchev–Trinajstić information content (AvgIpc) is 2.45. The SMILES string of the molecule is C#CC(C)(C)OC(CCCCCCCCC)OC(C)(C)C#C. The Morgan fingerprint density at radius 1 is 0.773 bits per heavy atom. The van der Waals surface area contributed by atoms with Gasteiger partial charge < -0.3 is 9.47 Å². The van der Waals surface area contributed by atoms with Crippen molar-refractivity contribution in [3.63, 3.8) is 0 Å². The summed E-state index contributed by atoms with van der Waals surface area (Å²) in [5.74, 6) is 5.29. The molecule has 0 aliphatic heterocycles. The van der Waals surface area contributed by atoms with Crippen LogP contribution in [0.5, 0.6) is 0 Å². The van der Waals surface area contributed by atoms with Crippen LogP contribution in [0, 0.1) is 24.7 Å². The zero-order valence-corrected chi connectivity index (χ0v) is 15.2. The first-order chi connectivity index (χ1) is 10.3. The van der Waals surface area contributed by atoms with Crippen molar-refractivity contribution in [2.75, 3.05) is 0 Å². The molecular formula is C20H34O2. The maximum Gasteiger partial charge on any atom is 0.161 e. The Balaban J connectivity index is 4.26. The molecule has 2 nitrogen and oxygen atoms in total. The molecule has 0 atom stereocenters. The van der Waals surface area contributed by atoms with Gasteiger partial charge in [0.25, 0.3) is 0 Å². The van der Waals surface area contributed by atoms with E-state index in [1.165, 1.54) is 38.5 Å². The van der Waals surface area contributed by atoms with E-state index in [9.17, 15) is 0 Å². The number of terminal acetylenes is 2. The molecule has 0 saturated carbocycles. The minimum Gasteiger partial charge on any atom is -0.334 e. The Kier molecular flexibility index (Phi) is 10.2. The second-order valence-electron chi connectivity index (χ2n) is 6.88. The monoisotopic (exact) mass is 306 g/mol. The third-order valence-electron chi connectivity index (χ3n) is 3.59. The van der Waals surface area contributed by atoms with E-state index in [1.54, 1.807) is 0 Å². The lowest BCUT2D eigenvalue weighted by Gasteiger charge is -2.31. The van der Waals surface area contributed by atoms with Crippen molar-refractivity contribution in [2.45, 2.75) is 103 Å². The summed E-state index contributed by atoms with van der Waals surface area (Å²) in [5, 5.41) is 0. The van der Waals surface area contributed by atoms with Crippen LogP contribution in [0.1, 0.15) is 86.0 Å². The summed E-state index contributed by atoms with van der Waals surface area (Å²) in [5.41, 5.74) is -1.28. The largest absolute Gasteiger partial charge is 0.334 e. The molecule has 0 rings (SSSR count). The van der Waals surface area contributed by atoms with Crippen LogP contribution in [0.15, 0.2) is 0 Å². The van der Waals surface area contributed by atoms with Gasteiger partial charge in [0.1, 0.15) is 11.2 Å². The van der Waals surface area contributed by atoms with Gasteiger partial charge in [0.2, 0.25) is 0 Å². The van der Waals surface area contributed by atoms with Crippen molar-refractivity contribution in [1.29, 1.82) is 0 Å².